The van der Waals surface area contributed by atoms with Crippen molar-refractivity contribution in [2.45, 2.75) is 154 Å². The summed E-state index contributed by atoms with van der Waals surface area (Å²) in [5, 5.41) is 23.9. The fourth-order valence-corrected chi connectivity index (χ4v) is 6.46. The summed E-state index contributed by atoms with van der Waals surface area (Å²) in [5.41, 5.74) is 0. The van der Waals surface area contributed by atoms with Crippen molar-refractivity contribution < 1.29 is 57.9 Å². The van der Waals surface area contributed by atoms with E-state index in [0.29, 0.717) is 19.4 Å². The van der Waals surface area contributed by atoms with Gasteiger partial charge in [0.1, 0.15) is 43.0 Å². The van der Waals surface area contributed by atoms with Gasteiger partial charge in [-0.25, -0.2) is 4.79 Å². The SMILES string of the molecule is CCCCCCCCCCO[C@H]1[C@H]2OC(C)(C)O[C@H]2O[C@@H]1COCC(=O)N[C@@H](CC(=O)O)C(=O)N[C@H](C(=O)N1CCC[C@H]1C(=O)O)C(C)C. The Morgan fingerprint density at radius 3 is 2.27 bits per heavy atom. The van der Waals surface area contributed by atoms with E-state index in [4.69, 9.17) is 23.7 Å². The number of nitrogens with zero attached hydrogens (tertiary/aromatic N) is 1. The van der Waals surface area contributed by atoms with Crippen LogP contribution >= 0.6 is 0 Å². The fraction of sp³-hybridized carbons (Fsp3) is 0.853. The number of rotatable bonds is 22. The Labute approximate surface area is 289 Å². The molecular formula is C34H57N3O12. The number of hydrogen-bond acceptors (Lipinski definition) is 10. The summed E-state index contributed by atoms with van der Waals surface area (Å²) in [4.78, 5) is 63.7. The molecule has 3 saturated heterocycles. The van der Waals surface area contributed by atoms with Crippen LogP contribution in [0.5, 0.6) is 0 Å². The molecule has 3 amide bonds. The first kappa shape index (κ1) is 40.6. The third-order valence-electron chi connectivity index (χ3n) is 8.99. The van der Waals surface area contributed by atoms with Crippen LogP contribution in [-0.4, -0.2) is 120 Å². The number of aliphatic carboxylic acids is 2. The Hall–Kier alpha value is -2.85. The number of amides is 3. The van der Waals surface area contributed by atoms with Gasteiger partial charge in [-0.2, -0.15) is 0 Å². The van der Waals surface area contributed by atoms with Crippen LogP contribution in [0, 0.1) is 5.92 Å². The fourth-order valence-electron chi connectivity index (χ4n) is 6.46. The van der Waals surface area contributed by atoms with E-state index >= 15 is 0 Å². The molecular weight excluding hydrogens is 642 g/mol. The molecule has 0 bridgehead atoms. The quantitative estimate of drug-likeness (QED) is 0.121. The number of carbonyl (C=O) groups excluding carboxylic acids is 3. The smallest absolute Gasteiger partial charge is 0.326 e. The van der Waals surface area contributed by atoms with Gasteiger partial charge in [-0.1, -0.05) is 65.7 Å². The van der Waals surface area contributed by atoms with Crippen LogP contribution in [0.25, 0.3) is 0 Å². The second kappa shape index (κ2) is 19.5. The highest BCUT2D eigenvalue weighted by Crippen LogP contribution is 2.39. The Balaban J connectivity index is 1.51. The summed E-state index contributed by atoms with van der Waals surface area (Å²) in [7, 11) is 0. The van der Waals surface area contributed by atoms with Crippen LogP contribution in [0.15, 0.2) is 0 Å². The van der Waals surface area contributed by atoms with Crippen molar-refractivity contribution in [1.29, 1.82) is 0 Å². The molecule has 0 aliphatic carbocycles. The summed E-state index contributed by atoms with van der Waals surface area (Å²) in [6.07, 6.45) is 7.14. The maximum Gasteiger partial charge on any atom is 0.326 e. The molecule has 4 N–H and O–H groups in total. The summed E-state index contributed by atoms with van der Waals surface area (Å²) in [6.45, 7) is 9.33. The van der Waals surface area contributed by atoms with Gasteiger partial charge in [-0.15, -0.1) is 0 Å². The number of hydrogen-bond donors (Lipinski definition) is 4. The van der Waals surface area contributed by atoms with Gasteiger partial charge in [0.05, 0.1) is 13.0 Å². The van der Waals surface area contributed by atoms with E-state index in [-0.39, 0.29) is 13.2 Å². The zero-order valence-electron chi connectivity index (χ0n) is 29.6. The highest BCUT2D eigenvalue weighted by Gasteiger charge is 2.55. The van der Waals surface area contributed by atoms with Gasteiger partial charge in [0, 0.05) is 13.2 Å². The van der Waals surface area contributed by atoms with E-state index in [1.54, 1.807) is 27.7 Å². The molecule has 15 nitrogen and oxygen atoms in total. The van der Waals surface area contributed by atoms with Gasteiger partial charge in [-0.3, -0.25) is 19.2 Å². The Morgan fingerprint density at radius 1 is 0.959 bits per heavy atom. The molecule has 3 rings (SSSR count). The molecule has 3 aliphatic heterocycles. The van der Waals surface area contributed by atoms with E-state index in [1.165, 1.54) is 37.0 Å². The third-order valence-corrected chi connectivity index (χ3v) is 8.99. The molecule has 0 radical (unpaired) electrons. The topological polar surface area (TPSA) is 199 Å². The standard InChI is InChI=1S/C34H57N3O12/c1-6-7-8-9-10-11-12-13-17-46-28-24(47-33-29(28)48-34(4,5)49-33)19-45-20-25(38)35-22(18-26(39)40)30(41)36-27(21(2)3)31(42)37-16-14-15-23(37)32(43)44/h21-24,27-29,33H,6-20H2,1-5H3,(H,35,38)(H,36,41)(H,39,40)(H,43,44)/t22-,23-,24+,27-,28+,29+,33+/m0/s1. The lowest BCUT2D eigenvalue weighted by Gasteiger charge is -2.30. The van der Waals surface area contributed by atoms with Crippen molar-refractivity contribution in [2.75, 3.05) is 26.4 Å². The zero-order chi connectivity index (χ0) is 36.1. The first-order valence-corrected chi connectivity index (χ1v) is 17.8. The van der Waals surface area contributed by atoms with Crippen LogP contribution in [-0.2, 0) is 47.7 Å². The van der Waals surface area contributed by atoms with Crippen molar-refractivity contribution in [3.63, 3.8) is 0 Å². The summed E-state index contributed by atoms with van der Waals surface area (Å²) in [6, 6.07) is -3.63. The number of ether oxygens (including phenoxy) is 5. The number of nitrogens with one attached hydrogen (secondary N) is 2. The summed E-state index contributed by atoms with van der Waals surface area (Å²) in [5.74, 6) is -5.96. The molecule has 49 heavy (non-hydrogen) atoms. The van der Waals surface area contributed by atoms with Gasteiger partial charge in [0.25, 0.3) is 0 Å². The molecule has 0 aromatic heterocycles. The van der Waals surface area contributed by atoms with Gasteiger partial charge < -0.3 is 49.4 Å². The van der Waals surface area contributed by atoms with Crippen LogP contribution < -0.4 is 10.6 Å². The lowest BCUT2D eigenvalue weighted by Crippen LogP contribution is -2.58. The van der Waals surface area contributed by atoms with Crippen molar-refractivity contribution in [3.8, 4) is 0 Å². The number of carbonyl (C=O) groups is 5. The van der Waals surface area contributed by atoms with Crippen molar-refractivity contribution in [1.82, 2.24) is 15.5 Å². The lowest BCUT2D eigenvalue weighted by molar-refractivity contribution is -0.223. The maximum atomic E-state index is 13.2. The first-order valence-electron chi connectivity index (χ1n) is 17.8. The normalized spacial score (nSPS) is 25.6. The average molecular weight is 700 g/mol. The Morgan fingerprint density at radius 2 is 1.63 bits per heavy atom. The third kappa shape index (κ3) is 12.5. The first-order chi connectivity index (χ1) is 23.2. The summed E-state index contributed by atoms with van der Waals surface area (Å²) < 4.78 is 29.8. The molecule has 0 aromatic carbocycles. The molecule has 280 valence electrons. The van der Waals surface area contributed by atoms with Crippen molar-refractivity contribution >= 4 is 29.7 Å². The van der Waals surface area contributed by atoms with E-state index in [0.717, 1.165) is 19.3 Å². The Kier molecular flexibility index (Phi) is 16.2. The minimum atomic E-state index is -1.51. The zero-order valence-corrected chi connectivity index (χ0v) is 29.6. The lowest BCUT2D eigenvalue weighted by atomic mass is 10.0. The van der Waals surface area contributed by atoms with Gasteiger partial charge in [0.2, 0.25) is 17.7 Å². The number of fused-ring (bicyclic) bond motifs is 1. The van der Waals surface area contributed by atoms with E-state index in [2.05, 4.69) is 17.6 Å². The molecule has 0 spiro atoms. The Bertz CT molecular complexity index is 1120. The second-order valence-electron chi connectivity index (χ2n) is 13.9. The van der Waals surface area contributed by atoms with E-state index in [1.807, 2.05) is 0 Å². The van der Waals surface area contributed by atoms with Gasteiger partial charge in [-0.05, 0) is 39.0 Å². The number of carboxylic acids is 2. The van der Waals surface area contributed by atoms with E-state index < -0.39 is 97.1 Å². The van der Waals surface area contributed by atoms with Crippen molar-refractivity contribution in [2.24, 2.45) is 5.92 Å². The number of unbranched alkanes of at least 4 members (excludes halogenated alkanes) is 7. The minimum absolute atomic E-state index is 0.0457. The predicted octanol–water partition coefficient (Wildman–Crippen LogP) is 2.58. The molecule has 3 heterocycles. The van der Waals surface area contributed by atoms with Crippen LogP contribution in [0.2, 0.25) is 0 Å². The number of likely N-dealkylation sites (tertiary alicyclic amines) is 1. The molecule has 3 aliphatic rings. The van der Waals surface area contributed by atoms with Gasteiger partial charge >= 0.3 is 11.9 Å². The predicted molar refractivity (Wildman–Crippen MR) is 175 cm³/mol. The second-order valence-corrected chi connectivity index (χ2v) is 13.9. The molecule has 0 unspecified atom stereocenters. The average Bonchev–Trinajstić information content (AvgIpc) is 3.71. The highest BCUT2D eigenvalue weighted by molar-refractivity contribution is 5.95. The maximum absolute atomic E-state index is 13.2. The van der Waals surface area contributed by atoms with Crippen LogP contribution in [0.1, 0.15) is 105 Å². The molecule has 0 aromatic rings. The molecule has 3 fully saturated rings. The molecule has 0 saturated carbocycles. The molecule has 15 heteroatoms. The highest BCUT2D eigenvalue weighted by atomic mass is 16.8. The number of carboxylic acid groups (broad SMARTS) is 2. The minimum Gasteiger partial charge on any atom is -0.481 e. The van der Waals surface area contributed by atoms with E-state index in [9.17, 15) is 34.2 Å². The largest absolute Gasteiger partial charge is 0.481 e. The van der Waals surface area contributed by atoms with Gasteiger partial charge in [0.15, 0.2) is 12.1 Å². The molecule has 7 atom stereocenters. The monoisotopic (exact) mass is 699 g/mol. The van der Waals surface area contributed by atoms with Crippen molar-refractivity contribution in [3.05, 3.63) is 0 Å². The summed E-state index contributed by atoms with van der Waals surface area (Å²) >= 11 is 0. The van der Waals surface area contributed by atoms with Crippen LogP contribution in [0.4, 0.5) is 0 Å². The van der Waals surface area contributed by atoms with Crippen LogP contribution in [0.3, 0.4) is 0 Å².